The lowest BCUT2D eigenvalue weighted by molar-refractivity contribution is -0.181. The van der Waals surface area contributed by atoms with Crippen molar-refractivity contribution in [2.45, 2.75) is 18.6 Å². The Labute approximate surface area is 150 Å². The highest BCUT2D eigenvalue weighted by atomic mass is 19.1. The molecule has 2 fully saturated rings. The number of hydrogen-bond donors (Lipinski definition) is 1. The van der Waals surface area contributed by atoms with Gasteiger partial charge in [0, 0.05) is 44.0 Å². The number of halogens is 1. The molecule has 4 rings (SSSR count). The molecule has 0 radical (unpaired) electrons. The summed E-state index contributed by atoms with van der Waals surface area (Å²) in [7, 11) is 0. The van der Waals surface area contributed by atoms with Gasteiger partial charge in [0.05, 0.1) is 18.8 Å². The van der Waals surface area contributed by atoms with Gasteiger partial charge in [-0.15, -0.1) is 0 Å². The van der Waals surface area contributed by atoms with E-state index >= 15 is 0 Å². The largest absolute Gasteiger partial charge is 0.347 e. The van der Waals surface area contributed by atoms with Crippen LogP contribution in [0.1, 0.15) is 23.2 Å². The number of piperidine rings is 1. The highest BCUT2D eigenvalue weighted by Crippen LogP contribution is 2.31. The Morgan fingerprint density at radius 2 is 1.69 bits per heavy atom. The van der Waals surface area contributed by atoms with Crippen LogP contribution in [0.25, 0.3) is 0 Å². The van der Waals surface area contributed by atoms with Crippen LogP contribution in [-0.4, -0.2) is 52.9 Å². The molecule has 0 unspecified atom stereocenters. The van der Waals surface area contributed by atoms with E-state index in [-0.39, 0.29) is 11.7 Å². The number of aromatic nitrogens is 2. The molecule has 0 bridgehead atoms. The van der Waals surface area contributed by atoms with E-state index in [2.05, 4.69) is 15.3 Å². The third-order valence-corrected chi connectivity index (χ3v) is 4.63. The molecule has 2 aliphatic heterocycles. The summed E-state index contributed by atoms with van der Waals surface area (Å²) in [5.74, 6) is -0.574. The van der Waals surface area contributed by atoms with Gasteiger partial charge < -0.3 is 19.7 Å². The average Bonchev–Trinajstić information content (AvgIpc) is 3.12. The SMILES string of the molecule is O=C(c1cnc(Nc2ccc(F)cc2)nc1)N1CCC2(CC1)OCCO2. The molecule has 2 aliphatic rings. The molecule has 7 nitrogen and oxygen atoms in total. The standard InChI is InChI=1S/C18H19FN4O3/c19-14-1-3-15(4-2-14)22-17-20-11-13(12-21-17)16(24)23-7-5-18(6-8-23)25-9-10-26-18/h1-4,11-12H,5-10H2,(H,20,21,22). The van der Waals surface area contributed by atoms with Gasteiger partial charge in [-0.1, -0.05) is 0 Å². The van der Waals surface area contributed by atoms with Crippen molar-refractivity contribution in [2.75, 3.05) is 31.6 Å². The Kier molecular flexibility index (Phi) is 4.52. The summed E-state index contributed by atoms with van der Waals surface area (Å²) in [6.45, 7) is 2.39. The van der Waals surface area contributed by atoms with Crippen LogP contribution >= 0.6 is 0 Å². The minimum atomic E-state index is -0.504. The van der Waals surface area contributed by atoms with Crippen molar-refractivity contribution in [3.05, 3.63) is 48.0 Å². The number of nitrogens with one attached hydrogen (secondary N) is 1. The Balaban J connectivity index is 1.37. The van der Waals surface area contributed by atoms with Gasteiger partial charge in [0.2, 0.25) is 5.95 Å². The summed E-state index contributed by atoms with van der Waals surface area (Å²) in [6, 6.07) is 5.88. The van der Waals surface area contributed by atoms with Gasteiger partial charge in [-0.3, -0.25) is 4.79 Å². The molecular weight excluding hydrogens is 339 g/mol. The van der Waals surface area contributed by atoms with Crippen LogP contribution in [0.3, 0.4) is 0 Å². The number of nitrogens with zero attached hydrogens (tertiary/aromatic N) is 3. The van der Waals surface area contributed by atoms with E-state index in [1.54, 1.807) is 17.0 Å². The monoisotopic (exact) mass is 358 g/mol. The second-order valence-electron chi connectivity index (χ2n) is 6.33. The van der Waals surface area contributed by atoms with Crippen molar-refractivity contribution in [2.24, 2.45) is 0 Å². The maximum Gasteiger partial charge on any atom is 0.256 e. The van der Waals surface area contributed by atoms with Crippen molar-refractivity contribution in [1.29, 1.82) is 0 Å². The van der Waals surface area contributed by atoms with Crippen LogP contribution < -0.4 is 5.32 Å². The quantitative estimate of drug-likeness (QED) is 0.908. The Hall–Kier alpha value is -2.58. The molecule has 2 aromatic rings. The second kappa shape index (κ2) is 6.97. The summed E-state index contributed by atoms with van der Waals surface area (Å²) < 4.78 is 24.3. The van der Waals surface area contributed by atoms with Gasteiger partial charge in [0.1, 0.15) is 5.82 Å². The molecule has 0 aliphatic carbocycles. The zero-order valence-corrected chi connectivity index (χ0v) is 14.2. The lowest BCUT2D eigenvalue weighted by Gasteiger charge is -2.37. The molecular formula is C18H19FN4O3. The number of rotatable bonds is 3. The molecule has 136 valence electrons. The van der Waals surface area contributed by atoms with Gasteiger partial charge in [-0.2, -0.15) is 0 Å². The fraction of sp³-hybridized carbons (Fsp3) is 0.389. The first-order chi connectivity index (χ1) is 12.6. The van der Waals surface area contributed by atoms with E-state index in [4.69, 9.17) is 9.47 Å². The lowest BCUT2D eigenvalue weighted by atomic mass is 10.0. The number of amides is 1. The molecule has 26 heavy (non-hydrogen) atoms. The van der Waals surface area contributed by atoms with Crippen LogP contribution in [-0.2, 0) is 9.47 Å². The first kappa shape index (κ1) is 16.9. The van der Waals surface area contributed by atoms with Crippen LogP contribution in [0.15, 0.2) is 36.7 Å². The molecule has 1 aromatic heterocycles. The van der Waals surface area contributed by atoms with Crippen molar-refractivity contribution in [3.8, 4) is 0 Å². The Morgan fingerprint density at radius 3 is 2.31 bits per heavy atom. The van der Waals surface area contributed by atoms with Crippen LogP contribution in [0.5, 0.6) is 0 Å². The van der Waals surface area contributed by atoms with Gasteiger partial charge >= 0.3 is 0 Å². The third kappa shape index (κ3) is 3.51. The molecule has 1 amide bonds. The first-order valence-electron chi connectivity index (χ1n) is 8.55. The van der Waals surface area contributed by atoms with Gasteiger partial charge in [0.25, 0.3) is 5.91 Å². The minimum absolute atomic E-state index is 0.105. The van der Waals surface area contributed by atoms with Gasteiger partial charge in [-0.05, 0) is 24.3 Å². The predicted octanol–water partition coefficient (Wildman–Crippen LogP) is 2.34. The highest BCUT2D eigenvalue weighted by Gasteiger charge is 2.40. The normalized spacial score (nSPS) is 18.9. The summed E-state index contributed by atoms with van der Waals surface area (Å²) in [5.41, 5.74) is 1.10. The number of likely N-dealkylation sites (tertiary alicyclic amines) is 1. The predicted molar refractivity (Wildman–Crippen MR) is 91.5 cm³/mol. The molecule has 0 saturated carbocycles. The smallest absolute Gasteiger partial charge is 0.256 e. The van der Waals surface area contributed by atoms with Crippen LogP contribution in [0.2, 0.25) is 0 Å². The summed E-state index contributed by atoms with van der Waals surface area (Å²) in [6.07, 6.45) is 4.33. The van der Waals surface area contributed by atoms with Crippen molar-refractivity contribution in [1.82, 2.24) is 14.9 Å². The number of hydrogen-bond acceptors (Lipinski definition) is 6. The minimum Gasteiger partial charge on any atom is -0.347 e. The van der Waals surface area contributed by atoms with Crippen LogP contribution in [0, 0.1) is 5.82 Å². The molecule has 1 spiro atoms. The number of carbonyl (C=O) groups excluding carboxylic acids is 1. The summed E-state index contributed by atoms with van der Waals surface area (Å²) in [4.78, 5) is 22.7. The topological polar surface area (TPSA) is 76.6 Å². The highest BCUT2D eigenvalue weighted by molar-refractivity contribution is 5.93. The third-order valence-electron chi connectivity index (χ3n) is 4.63. The van der Waals surface area contributed by atoms with E-state index < -0.39 is 5.79 Å². The van der Waals surface area contributed by atoms with Crippen molar-refractivity contribution in [3.63, 3.8) is 0 Å². The van der Waals surface area contributed by atoms with E-state index in [0.717, 1.165) is 0 Å². The van der Waals surface area contributed by atoms with E-state index in [1.807, 2.05) is 0 Å². The Morgan fingerprint density at radius 1 is 1.08 bits per heavy atom. The molecule has 2 saturated heterocycles. The van der Waals surface area contributed by atoms with Gasteiger partial charge in [0.15, 0.2) is 5.79 Å². The fourth-order valence-corrected chi connectivity index (χ4v) is 3.18. The second-order valence-corrected chi connectivity index (χ2v) is 6.33. The zero-order chi connectivity index (χ0) is 18.0. The van der Waals surface area contributed by atoms with Crippen molar-refractivity contribution < 1.29 is 18.7 Å². The zero-order valence-electron chi connectivity index (χ0n) is 14.2. The molecule has 8 heteroatoms. The van der Waals surface area contributed by atoms with E-state index in [9.17, 15) is 9.18 Å². The maximum atomic E-state index is 12.9. The van der Waals surface area contributed by atoms with Gasteiger partial charge in [-0.25, -0.2) is 14.4 Å². The first-order valence-corrected chi connectivity index (χ1v) is 8.55. The van der Waals surface area contributed by atoms with Crippen LogP contribution in [0.4, 0.5) is 16.0 Å². The molecule has 1 aromatic carbocycles. The number of ether oxygens (including phenoxy) is 2. The number of carbonyl (C=O) groups is 1. The summed E-state index contributed by atoms with van der Waals surface area (Å²) >= 11 is 0. The number of anilines is 2. The lowest BCUT2D eigenvalue weighted by Crippen LogP contribution is -2.47. The molecule has 3 heterocycles. The van der Waals surface area contributed by atoms with E-state index in [1.165, 1.54) is 24.5 Å². The maximum absolute atomic E-state index is 12.9. The van der Waals surface area contributed by atoms with Crippen molar-refractivity contribution >= 4 is 17.5 Å². The molecule has 0 atom stereocenters. The fourth-order valence-electron chi connectivity index (χ4n) is 3.18. The number of benzene rings is 1. The molecule has 1 N–H and O–H groups in total. The average molecular weight is 358 g/mol. The Bertz CT molecular complexity index is 766. The summed E-state index contributed by atoms with van der Waals surface area (Å²) in [5, 5.41) is 2.96. The van der Waals surface area contributed by atoms with E-state index in [0.29, 0.717) is 56.3 Å².